The highest BCUT2D eigenvalue weighted by Crippen LogP contribution is 2.22. The second-order valence-corrected chi connectivity index (χ2v) is 3.32. The van der Waals surface area contributed by atoms with E-state index in [1.165, 1.54) is 6.92 Å². The molecule has 0 atom stereocenters. The van der Waals surface area contributed by atoms with Gasteiger partial charge in [0.15, 0.2) is 12.1 Å². The van der Waals surface area contributed by atoms with Crippen LogP contribution in [-0.2, 0) is 7.05 Å². The Hall–Kier alpha value is -0.900. The van der Waals surface area contributed by atoms with E-state index in [4.69, 9.17) is 0 Å². The van der Waals surface area contributed by atoms with Crippen molar-refractivity contribution in [2.45, 2.75) is 6.92 Å². The van der Waals surface area contributed by atoms with E-state index in [1.807, 2.05) is 0 Å². The first kappa shape index (κ1) is 9.19. The summed E-state index contributed by atoms with van der Waals surface area (Å²) in [6.07, 6.45) is 2.35. The maximum absolute atomic E-state index is 11.0. The van der Waals surface area contributed by atoms with Crippen LogP contribution in [0.2, 0.25) is 0 Å². The van der Waals surface area contributed by atoms with Crippen LogP contribution in [0, 0.1) is 0 Å². The van der Waals surface area contributed by atoms with Gasteiger partial charge >= 0.3 is 0 Å². The summed E-state index contributed by atoms with van der Waals surface area (Å²) in [5.41, 5.74) is 1.03. The molecule has 3 nitrogen and oxygen atoms in total. The number of carbonyl (C=O) groups is 2. The number of ketones is 1. The zero-order valence-electron chi connectivity index (χ0n) is 6.80. The number of nitrogens with zero attached hydrogens (tertiary/aromatic N) is 1. The molecule has 0 N–H and O–H groups in total. The van der Waals surface area contributed by atoms with Crippen LogP contribution in [0.4, 0.5) is 0 Å². The molecule has 1 heterocycles. The average Bonchev–Trinajstić information content (AvgIpc) is 2.27. The van der Waals surface area contributed by atoms with E-state index in [9.17, 15) is 9.59 Å². The van der Waals surface area contributed by atoms with E-state index in [2.05, 4.69) is 15.9 Å². The van der Waals surface area contributed by atoms with Crippen molar-refractivity contribution in [2.75, 3.05) is 0 Å². The van der Waals surface area contributed by atoms with Crippen LogP contribution in [0.5, 0.6) is 0 Å². The molecule has 64 valence electrons. The first-order valence-corrected chi connectivity index (χ1v) is 4.18. The predicted molar refractivity (Wildman–Crippen MR) is 48.5 cm³/mol. The van der Waals surface area contributed by atoms with Gasteiger partial charge in [-0.1, -0.05) is 0 Å². The fourth-order valence-corrected chi connectivity index (χ4v) is 1.75. The lowest BCUT2D eigenvalue weighted by Crippen LogP contribution is -1.91. The van der Waals surface area contributed by atoms with Gasteiger partial charge in [-0.25, -0.2) is 0 Å². The Balaban J connectivity index is 3.35. The molecule has 0 aliphatic rings. The number of Topliss-reactive ketones (excluding diaryl/α,β-unsaturated/α-hetero) is 1. The van der Waals surface area contributed by atoms with Gasteiger partial charge in [-0.05, 0) is 22.9 Å². The lowest BCUT2D eigenvalue weighted by molar-refractivity contribution is 0.101. The van der Waals surface area contributed by atoms with Crippen molar-refractivity contribution >= 4 is 28.0 Å². The summed E-state index contributed by atoms with van der Waals surface area (Å²) in [6, 6.07) is 0. The molecule has 0 spiro atoms. The van der Waals surface area contributed by atoms with Gasteiger partial charge in [-0.15, -0.1) is 0 Å². The van der Waals surface area contributed by atoms with E-state index in [-0.39, 0.29) is 5.78 Å². The smallest absolute Gasteiger partial charge is 0.167 e. The van der Waals surface area contributed by atoms with Gasteiger partial charge in [0.05, 0.1) is 10.2 Å². The molecule has 1 rings (SSSR count). The SMILES string of the molecule is CC(=O)c1cn(C)c(C=O)c1Br. The molecule has 1 aromatic heterocycles. The number of rotatable bonds is 2. The van der Waals surface area contributed by atoms with Gasteiger partial charge in [0, 0.05) is 18.8 Å². The van der Waals surface area contributed by atoms with Gasteiger partial charge in [-0.2, -0.15) is 0 Å². The van der Waals surface area contributed by atoms with Crippen LogP contribution in [0.3, 0.4) is 0 Å². The molecule has 0 bridgehead atoms. The lowest BCUT2D eigenvalue weighted by Gasteiger charge is -1.91. The summed E-state index contributed by atoms with van der Waals surface area (Å²) in [6.45, 7) is 1.47. The third kappa shape index (κ3) is 1.34. The van der Waals surface area contributed by atoms with E-state index in [1.54, 1.807) is 17.8 Å². The monoisotopic (exact) mass is 229 g/mol. The molecule has 0 fully saturated rings. The molecule has 0 saturated carbocycles. The molecule has 4 heteroatoms. The van der Waals surface area contributed by atoms with Crippen molar-refractivity contribution in [3.05, 3.63) is 21.9 Å². The number of aldehydes is 1. The van der Waals surface area contributed by atoms with Crippen molar-refractivity contribution in [1.82, 2.24) is 4.57 Å². The molecule has 12 heavy (non-hydrogen) atoms. The van der Waals surface area contributed by atoms with Crippen LogP contribution in [0.15, 0.2) is 10.7 Å². The highest BCUT2D eigenvalue weighted by molar-refractivity contribution is 9.10. The number of carbonyl (C=O) groups excluding carboxylic acids is 2. The molecule has 1 aromatic rings. The molecular formula is C8H8BrNO2. The Labute approximate surface area is 78.5 Å². The zero-order valence-corrected chi connectivity index (χ0v) is 8.38. The molecule has 0 aliphatic carbocycles. The Morgan fingerprint density at radius 2 is 2.25 bits per heavy atom. The Bertz CT molecular complexity index is 341. The number of halogens is 1. The first-order chi connectivity index (χ1) is 5.57. The number of hydrogen-bond donors (Lipinski definition) is 0. The van der Waals surface area contributed by atoms with E-state index < -0.39 is 0 Å². The lowest BCUT2D eigenvalue weighted by atomic mass is 10.2. The largest absolute Gasteiger partial charge is 0.347 e. The van der Waals surface area contributed by atoms with Gasteiger partial charge in [0.2, 0.25) is 0 Å². The summed E-state index contributed by atoms with van der Waals surface area (Å²) in [4.78, 5) is 21.5. The summed E-state index contributed by atoms with van der Waals surface area (Å²) in [7, 11) is 1.72. The number of aryl methyl sites for hydroxylation is 1. The van der Waals surface area contributed by atoms with Gasteiger partial charge in [0.1, 0.15) is 0 Å². The van der Waals surface area contributed by atoms with Crippen LogP contribution in [-0.4, -0.2) is 16.6 Å². The maximum atomic E-state index is 11.0. The van der Waals surface area contributed by atoms with Gasteiger partial charge in [-0.3, -0.25) is 9.59 Å². The highest BCUT2D eigenvalue weighted by atomic mass is 79.9. The van der Waals surface area contributed by atoms with Gasteiger partial charge in [0.25, 0.3) is 0 Å². The summed E-state index contributed by atoms with van der Waals surface area (Å²) in [5.74, 6) is -0.0504. The van der Waals surface area contributed by atoms with Gasteiger partial charge < -0.3 is 4.57 Å². The summed E-state index contributed by atoms with van der Waals surface area (Å²) in [5, 5.41) is 0. The van der Waals surface area contributed by atoms with Crippen LogP contribution >= 0.6 is 15.9 Å². The minimum Gasteiger partial charge on any atom is -0.347 e. The minimum atomic E-state index is -0.0504. The average molecular weight is 230 g/mol. The molecule has 0 unspecified atom stereocenters. The Morgan fingerprint density at radius 1 is 1.67 bits per heavy atom. The van der Waals surface area contributed by atoms with E-state index in [0.717, 1.165) is 6.29 Å². The minimum absolute atomic E-state index is 0.0504. The topological polar surface area (TPSA) is 39.1 Å². The number of hydrogen-bond acceptors (Lipinski definition) is 2. The standard InChI is InChI=1S/C8H8BrNO2/c1-5(12)6-3-10(2)7(4-11)8(6)9/h3-4H,1-2H3. The van der Waals surface area contributed by atoms with Crippen molar-refractivity contribution in [3.63, 3.8) is 0 Å². The fourth-order valence-electron chi connectivity index (χ4n) is 0.993. The summed E-state index contributed by atoms with van der Waals surface area (Å²) >= 11 is 3.19. The van der Waals surface area contributed by atoms with Crippen molar-refractivity contribution in [3.8, 4) is 0 Å². The third-order valence-corrected chi connectivity index (χ3v) is 2.49. The Morgan fingerprint density at radius 3 is 2.50 bits per heavy atom. The fraction of sp³-hybridized carbons (Fsp3) is 0.250. The van der Waals surface area contributed by atoms with Crippen molar-refractivity contribution < 1.29 is 9.59 Å². The quantitative estimate of drug-likeness (QED) is 0.574. The first-order valence-electron chi connectivity index (χ1n) is 3.39. The van der Waals surface area contributed by atoms with Crippen molar-refractivity contribution in [1.29, 1.82) is 0 Å². The summed E-state index contributed by atoms with van der Waals surface area (Å²) < 4.78 is 2.20. The van der Waals surface area contributed by atoms with E-state index in [0.29, 0.717) is 15.7 Å². The predicted octanol–water partition coefficient (Wildman–Crippen LogP) is 1.80. The van der Waals surface area contributed by atoms with Crippen LogP contribution in [0.1, 0.15) is 27.8 Å². The molecule has 0 aliphatic heterocycles. The van der Waals surface area contributed by atoms with Crippen molar-refractivity contribution in [2.24, 2.45) is 7.05 Å². The second-order valence-electron chi connectivity index (χ2n) is 2.53. The molecular weight excluding hydrogens is 222 g/mol. The molecule has 0 amide bonds. The second kappa shape index (κ2) is 3.23. The highest BCUT2D eigenvalue weighted by Gasteiger charge is 2.13. The third-order valence-electron chi connectivity index (χ3n) is 1.66. The maximum Gasteiger partial charge on any atom is 0.167 e. The zero-order chi connectivity index (χ0) is 9.30. The van der Waals surface area contributed by atoms with Crippen LogP contribution in [0.25, 0.3) is 0 Å². The van der Waals surface area contributed by atoms with Crippen LogP contribution < -0.4 is 0 Å². The molecule has 0 saturated heterocycles. The molecule has 0 aromatic carbocycles. The normalized spacial score (nSPS) is 9.92. The number of aromatic nitrogens is 1. The molecule has 0 radical (unpaired) electrons. The Kier molecular flexibility index (Phi) is 2.47. The van der Waals surface area contributed by atoms with E-state index >= 15 is 0 Å².